The van der Waals surface area contributed by atoms with Crippen molar-refractivity contribution in [2.24, 2.45) is 0 Å². The van der Waals surface area contributed by atoms with Gasteiger partial charge in [-0.05, 0) is 37.1 Å². The molecule has 0 aromatic heterocycles. The Morgan fingerprint density at radius 2 is 1.70 bits per heavy atom. The monoisotopic (exact) mass is 314 g/mol. The van der Waals surface area contributed by atoms with E-state index in [1.54, 1.807) is 0 Å². The SMILES string of the molecule is C=CCN1CCN(C(=O)Nc2ccc(N3CCCC3)cc2)CC1. The minimum atomic E-state index is -0.00262. The van der Waals surface area contributed by atoms with Crippen LogP contribution < -0.4 is 10.2 Å². The van der Waals surface area contributed by atoms with Gasteiger partial charge in [0.1, 0.15) is 0 Å². The fraction of sp³-hybridized carbons (Fsp3) is 0.500. The number of amides is 2. The zero-order valence-electron chi connectivity index (χ0n) is 13.7. The van der Waals surface area contributed by atoms with E-state index in [2.05, 4.69) is 33.8 Å². The van der Waals surface area contributed by atoms with E-state index in [9.17, 15) is 4.79 Å². The van der Waals surface area contributed by atoms with E-state index in [-0.39, 0.29) is 6.03 Å². The lowest BCUT2D eigenvalue weighted by Crippen LogP contribution is -2.49. The zero-order chi connectivity index (χ0) is 16.1. The first kappa shape index (κ1) is 15.9. The molecular weight excluding hydrogens is 288 g/mol. The van der Waals surface area contributed by atoms with Gasteiger partial charge in [-0.2, -0.15) is 0 Å². The quantitative estimate of drug-likeness (QED) is 0.868. The summed E-state index contributed by atoms with van der Waals surface area (Å²) in [7, 11) is 0. The number of rotatable bonds is 4. The molecule has 0 unspecified atom stereocenters. The molecule has 2 amide bonds. The zero-order valence-corrected chi connectivity index (χ0v) is 13.7. The van der Waals surface area contributed by atoms with Gasteiger partial charge in [-0.3, -0.25) is 4.90 Å². The van der Waals surface area contributed by atoms with Crippen LogP contribution in [-0.2, 0) is 0 Å². The number of urea groups is 1. The Kier molecular flexibility index (Phi) is 5.18. The van der Waals surface area contributed by atoms with E-state index in [1.165, 1.54) is 18.5 Å². The normalized spacial score (nSPS) is 19.0. The predicted molar refractivity (Wildman–Crippen MR) is 95.1 cm³/mol. The third-order valence-corrected chi connectivity index (χ3v) is 4.64. The Labute approximate surface area is 138 Å². The topological polar surface area (TPSA) is 38.8 Å². The fourth-order valence-electron chi connectivity index (χ4n) is 3.25. The van der Waals surface area contributed by atoms with E-state index in [1.807, 2.05) is 23.1 Å². The molecule has 2 fully saturated rings. The molecule has 23 heavy (non-hydrogen) atoms. The lowest BCUT2D eigenvalue weighted by molar-refractivity contribution is 0.156. The first-order valence-electron chi connectivity index (χ1n) is 8.50. The van der Waals surface area contributed by atoms with Gasteiger partial charge in [-0.1, -0.05) is 6.08 Å². The highest BCUT2D eigenvalue weighted by molar-refractivity contribution is 5.89. The second-order valence-corrected chi connectivity index (χ2v) is 6.25. The molecule has 3 rings (SSSR count). The van der Waals surface area contributed by atoms with Gasteiger partial charge in [0.25, 0.3) is 0 Å². The van der Waals surface area contributed by atoms with E-state index < -0.39 is 0 Å². The summed E-state index contributed by atoms with van der Waals surface area (Å²) in [6.45, 7) is 10.3. The van der Waals surface area contributed by atoms with Gasteiger partial charge in [0.05, 0.1) is 0 Å². The van der Waals surface area contributed by atoms with Gasteiger partial charge in [0.2, 0.25) is 0 Å². The van der Waals surface area contributed by atoms with Gasteiger partial charge < -0.3 is 15.1 Å². The molecule has 0 atom stereocenters. The molecule has 0 saturated carbocycles. The van der Waals surface area contributed by atoms with Gasteiger partial charge >= 0.3 is 6.03 Å². The molecular formula is C18H26N4O. The van der Waals surface area contributed by atoms with Crippen LogP contribution in [0.2, 0.25) is 0 Å². The summed E-state index contributed by atoms with van der Waals surface area (Å²) in [5, 5.41) is 3.01. The summed E-state index contributed by atoms with van der Waals surface area (Å²) < 4.78 is 0. The predicted octanol–water partition coefficient (Wildman–Crippen LogP) is 2.62. The summed E-state index contributed by atoms with van der Waals surface area (Å²) in [6, 6.07) is 8.20. The highest BCUT2D eigenvalue weighted by Crippen LogP contribution is 2.22. The van der Waals surface area contributed by atoms with Crippen LogP contribution in [0.5, 0.6) is 0 Å². The fourth-order valence-corrected chi connectivity index (χ4v) is 3.25. The summed E-state index contributed by atoms with van der Waals surface area (Å²) in [6.07, 6.45) is 4.46. The minimum absolute atomic E-state index is 0.00262. The first-order chi connectivity index (χ1) is 11.3. The van der Waals surface area contributed by atoms with Crippen LogP contribution >= 0.6 is 0 Å². The molecule has 2 aliphatic rings. The number of anilines is 2. The van der Waals surface area contributed by atoms with Crippen LogP contribution in [0, 0.1) is 0 Å². The van der Waals surface area contributed by atoms with Gasteiger partial charge in [-0.15, -0.1) is 6.58 Å². The van der Waals surface area contributed by atoms with Crippen molar-refractivity contribution >= 4 is 17.4 Å². The number of piperazine rings is 1. The number of hydrogen-bond donors (Lipinski definition) is 1. The Balaban J connectivity index is 1.50. The number of nitrogens with one attached hydrogen (secondary N) is 1. The highest BCUT2D eigenvalue weighted by Gasteiger charge is 2.20. The van der Waals surface area contributed by atoms with Crippen molar-refractivity contribution in [3.8, 4) is 0 Å². The lowest BCUT2D eigenvalue weighted by Gasteiger charge is -2.34. The maximum atomic E-state index is 12.3. The maximum absolute atomic E-state index is 12.3. The first-order valence-corrected chi connectivity index (χ1v) is 8.50. The molecule has 1 N–H and O–H groups in total. The number of nitrogens with zero attached hydrogens (tertiary/aromatic N) is 3. The van der Waals surface area contributed by atoms with Crippen molar-refractivity contribution in [2.75, 3.05) is 56.0 Å². The molecule has 0 radical (unpaired) electrons. The van der Waals surface area contributed by atoms with Gasteiger partial charge in [-0.25, -0.2) is 4.79 Å². The van der Waals surface area contributed by atoms with Crippen molar-refractivity contribution in [1.29, 1.82) is 0 Å². The molecule has 1 aromatic rings. The number of carbonyl (C=O) groups excluding carboxylic acids is 1. The largest absolute Gasteiger partial charge is 0.372 e. The van der Waals surface area contributed by atoms with Gasteiger partial charge in [0, 0.05) is 57.2 Å². The molecule has 124 valence electrons. The molecule has 0 spiro atoms. The summed E-state index contributed by atoms with van der Waals surface area (Å²) in [4.78, 5) is 18.9. The lowest BCUT2D eigenvalue weighted by atomic mass is 10.2. The van der Waals surface area contributed by atoms with Crippen molar-refractivity contribution < 1.29 is 4.79 Å². The van der Waals surface area contributed by atoms with E-state index in [0.717, 1.165) is 51.5 Å². The molecule has 5 nitrogen and oxygen atoms in total. The van der Waals surface area contributed by atoms with Crippen LogP contribution in [0.3, 0.4) is 0 Å². The highest BCUT2D eigenvalue weighted by atomic mass is 16.2. The average Bonchev–Trinajstić information content (AvgIpc) is 3.11. The summed E-state index contributed by atoms with van der Waals surface area (Å²) in [5.41, 5.74) is 2.12. The molecule has 2 saturated heterocycles. The molecule has 0 bridgehead atoms. The average molecular weight is 314 g/mol. The van der Waals surface area contributed by atoms with Crippen molar-refractivity contribution in [3.05, 3.63) is 36.9 Å². The van der Waals surface area contributed by atoms with Crippen LogP contribution in [-0.4, -0.2) is 61.6 Å². The van der Waals surface area contributed by atoms with Crippen LogP contribution in [0.15, 0.2) is 36.9 Å². The third kappa shape index (κ3) is 4.05. The number of benzene rings is 1. The number of hydrogen-bond acceptors (Lipinski definition) is 3. The third-order valence-electron chi connectivity index (χ3n) is 4.64. The smallest absolute Gasteiger partial charge is 0.321 e. The Hall–Kier alpha value is -2.01. The van der Waals surface area contributed by atoms with Crippen molar-refractivity contribution in [2.45, 2.75) is 12.8 Å². The summed E-state index contributed by atoms with van der Waals surface area (Å²) >= 11 is 0. The van der Waals surface area contributed by atoms with Crippen LogP contribution in [0.4, 0.5) is 16.2 Å². The van der Waals surface area contributed by atoms with Crippen LogP contribution in [0.25, 0.3) is 0 Å². The molecule has 5 heteroatoms. The van der Waals surface area contributed by atoms with Crippen molar-refractivity contribution in [3.63, 3.8) is 0 Å². The Morgan fingerprint density at radius 3 is 2.30 bits per heavy atom. The van der Waals surface area contributed by atoms with Crippen LogP contribution in [0.1, 0.15) is 12.8 Å². The number of carbonyl (C=O) groups is 1. The molecule has 1 aromatic carbocycles. The maximum Gasteiger partial charge on any atom is 0.321 e. The Bertz CT molecular complexity index is 528. The van der Waals surface area contributed by atoms with E-state index >= 15 is 0 Å². The minimum Gasteiger partial charge on any atom is -0.372 e. The molecule has 0 aliphatic carbocycles. The van der Waals surface area contributed by atoms with E-state index in [0.29, 0.717) is 0 Å². The molecule has 2 aliphatic heterocycles. The van der Waals surface area contributed by atoms with Gasteiger partial charge in [0.15, 0.2) is 0 Å². The second kappa shape index (κ2) is 7.51. The van der Waals surface area contributed by atoms with Crippen molar-refractivity contribution in [1.82, 2.24) is 9.80 Å². The second-order valence-electron chi connectivity index (χ2n) is 6.25. The molecule has 2 heterocycles. The van der Waals surface area contributed by atoms with E-state index in [4.69, 9.17) is 0 Å². The standard InChI is InChI=1S/C18H26N4O/c1-2-9-20-12-14-22(15-13-20)18(23)19-16-5-7-17(8-6-16)21-10-3-4-11-21/h2,5-8H,1,3-4,9-15H2,(H,19,23). The Morgan fingerprint density at radius 1 is 1.04 bits per heavy atom. The summed E-state index contributed by atoms with van der Waals surface area (Å²) in [5.74, 6) is 0.